The Bertz CT molecular complexity index is 658. The van der Waals surface area contributed by atoms with Gasteiger partial charge in [-0.25, -0.2) is 0 Å². The molecule has 2 aromatic rings. The van der Waals surface area contributed by atoms with E-state index in [-0.39, 0.29) is 0 Å². The Balaban J connectivity index is 2.38. The first-order chi connectivity index (χ1) is 9.52. The molecule has 1 aromatic heterocycles. The summed E-state index contributed by atoms with van der Waals surface area (Å²) in [6.07, 6.45) is 2.14. The van der Waals surface area contributed by atoms with Crippen molar-refractivity contribution < 1.29 is 4.57 Å². The molecule has 0 fully saturated rings. The summed E-state index contributed by atoms with van der Waals surface area (Å²) in [4.78, 5) is 2.52. The number of fused-ring (bicyclic) bond motifs is 3. The maximum atomic E-state index is 2.52. The van der Waals surface area contributed by atoms with E-state index in [1.165, 1.54) is 28.1 Å². The van der Waals surface area contributed by atoms with E-state index in [2.05, 4.69) is 80.7 Å². The van der Waals surface area contributed by atoms with E-state index >= 15 is 0 Å². The zero-order chi connectivity index (χ0) is 14.4. The van der Waals surface area contributed by atoms with E-state index in [9.17, 15) is 0 Å². The molecule has 0 bridgehead atoms. The van der Waals surface area contributed by atoms with Gasteiger partial charge in [0.1, 0.15) is 12.7 Å². The van der Waals surface area contributed by atoms with Crippen LogP contribution in [-0.4, -0.2) is 6.04 Å². The van der Waals surface area contributed by atoms with Crippen molar-refractivity contribution in [3.8, 4) is 11.3 Å². The fraction of sp³-hybridized carbons (Fsp3) is 0.389. The van der Waals surface area contributed by atoms with Crippen LogP contribution in [0.4, 0.5) is 5.69 Å². The smallest absolute Gasteiger partial charge is 0.236 e. The molecule has 1 aromatic carbocycles. The summed E-state index contributed by atoms with van der Waals surface area (Å²) in [6.45, 7) is 9.07. The Morgan fingerprint density at radius 1 is 1.15 bits per heavy atom. The molecule has 1 unspecified atom stereocenters. The first kappa shape index (κ1) is 13.2. The van der Waals surface area contributed by atoms with E-state index in [1.54, 1.807) is 0 Å². The largest absolute Gasteiger partial charge is 0.357 e. The lowest BCUT2D eigenvalue weighted by atomic mass is 9.88. The normalized spacial score (nSPS) is 17.1. The molecule has 0 spiro atoms. The van der Waals surface area contributed by atoms with Gasteiger partial charge in [-0.2, -0.15) is 4.57 Å². The monoisotopic (exact) mass is 267 g/mol. The van der Waals surface area contributed by atoms with Crippen LogP contribution in [0.2, 0.25) is 0 Å². The number of nitrogens with zero attached hydrogens (tertiary/aromatic N) is 2. The number of aromatic nitrogens is 1. The molecule has 1 aliphatic heterocycles. The van der Waals surface area contributed by atoms with Gasteiger partial charge in [0.05, 0.1) is 11.6 Å². The van der Waals surface area contributed by atoms with Crippen LogP contribution in [0.5, 0.6) is 0 Å². The Kier molecular flexibility index (Phi) is 3.04. The number of benzene rings is 1. The summed E-state index contributed by atoms with van der Waals surface area (Å²) < 4.78 is 2.25. The Labute approximate surface area is 121 Å². The van der Waals surface area contributed by atoms with Crippen molar-refractivity contribution in [2.24, 2.45) is 7.05 Å². The van der Waals surface area contributed by atoms with Crippen LogP contribution >= 0.6 is 0 Å². The first-order valence-corrected chi connectivity index (χ1v) is 7.39. The highest BCUT2D eigenvalue weighted by Gasteiger charge is 2.35. The second-order valence-corrected chi connectivity index (χ2v) is 6.07. The molecule has 0 radical (unpaired) electrons. The van der Waals surface area contributed by atoms with Crippen LogP contribution in [-0.2, 0) is 7.05 Å². The molecular weight excluding hydrogens is 244 g/mol. The maximum absolute atomic E-state index is 2.52. The second kappa shape index (κ2) is 4.62. The van der Waals surface area contributed by atoms with Crippen molar-refractivity contribution in [1.82, 2.24) is 0 Å². The minimum Gasteiger partial charge on any atom is -0.357 e. The predicted molar refractivity (Wildman–Crippen MR) is 83.8 cm³/mol. The van der Waals surface area contributed by atoms with E-state index in [4.69, 9.17) is 0 Å². The van der Waals surface area contributed by atoms with Crippen LogP contribution in [0.15, 0.2) is 36.5 Å². The molecule has 2 heteroatoms. The van der Waals surface area contributed by atoms with Gasteiger partial charge in [0.25, 0.3) is 0 Å². The SMILES string of the molecule is Cc1cccc2c1-c1c(ccc[n+]1C)N(C(C)C)C2C. The van der Waals surface area contributed by atoms with Gasteiger partial charge < -0.3 is 4.90 Å². The summed E-state index contributed by atoms with van der Waals surface area (Å²) in [6, 6.07) is 12.0. The predicted octanol–water partition coefficient (Wildman–Crippen LogP) is 3.78. The maximum Gasteiger partial charge on any atom is 0.236 e. The lowest BCUT2D eigenvalue weighted by molar-refractivity contribution is -0.660. The number of aryl methyl sites for hydroxylation is 2. The Hall–Kier alpha value is -1.83. The number of pyridine rings is 1. The third-order valence-electron chi connectivity index (χ3n) is 4.40. The zero-order valence-electron chi connectivity index (χ0n) is 13.0. The molecule has 0 aliphatic carbocycles. The van der Waals surface area contributed by atoms with Gasteiger partial charge in [-0.05, 0) is 44.9 Å². The molecule has 0 N–H and O–H groups in total. The Morgan fingerprint density at radius 2 is 1.90 bits per heavy atom. The fourth-order valence-corrected chi connectivity index (χ4v) is 3.56. The average Bonchev–Trinajstić information content (AvgIpc) is 2.39. The van der Waals surface area contributed by atoms with Gasteiger partial charge in [0.2, 0.25) is 5.69 Å². The minimum atomic E-state index is 0.416. The van der Waals surface area contributed by atoms with Gasteiger partial charge in [-0.1, -0.05) is 18.2 Å². The first-order valence-electron chi connectivity index (χ1n) is 7.39. The lowest BCUT2D eigenvalue weighted by Crippen LogP contribution is -2.42. The second-order valence-electron chi connectivity index (χ2n) is 6.07. The molecule has 104 valence electrons. The summed E-state index contributed by atoms with van der Waals surface area (Å²) in [7, 11) is 2.14. The van der Waals surface area contributed by atoms with Crippen LogP contribution in [0.1, 0.15) is 37.9 Å². The highest BCUT2D eigenvalue weighted by molar-refractivity contribution is 5.81. The van der Waals surface area contributed by atoms with Gasteiger partial charge >= 0.3 is 0 Å². The minimum absolute atomic E-state index is 0.416. The zero-order valence-corrected chi connectivity index (χ0v) is 13.0. The van der Waals surface area contributed by atoms with Crippen molar-refractivity contribution in [2.45, 2.75) is 39.8 Å². The quantitative estimate of drug-likeness (QED) is 0.713. The van der Waals surface area contributed by atoms with Gasteiger partial charge in [-0.3, -0.25) is 0 Å². The van der Waals surface area contributed by atoms with Crippen LogP contribution in [0.25, 0.3) is 11.3 Å². The number of anilines is 1. The molecular formula is C18H23N2+. The Morgan fingerprint density at radius 3 is 2.60 bits per heavy atom. The van der Waals surface area contributed by atoms with Crippen LogP contribution < -0.4 is 9.47 Å². The average molecular weight is 267 g/mol. The molecule has 0 saturated carbocycles. The lowest BCUT2D eigenvalue weighted by Gasteiger charge is -2.39. The fourth-order valence-electron chi connectivity index (χ4n) is 3.56. The highest BCUT2D eigenvalue weighted by Crippen LogP contribution is 2.44. The number of hydrogen-bond donors (Lipinski definition) is 0. The summed E-state index contributed by atoms with van der Waals surface area (Å²) in [5, 5.41) is 0. The number of rotatable bonds is 1. The molecule has 0 saturated heterocycles. The molecule has 0 amide bonds. The van der Waals surface area contributed by atoms with Crippen molar-refractivity contribution in [2.75, 3.05) is 4.90 Å². The molecule has 2 heterocycles. The topological polar surface area (TPSA) is 7.12 Å². The molecule has 2 nitrogen and oxygen atoms in total. The van der Waals surface area contributed by atoms with Crippen LogP contribution in [0, 0.1) is 6.92 Å². The third kappa shape index (κ3) is 1.75. The van der Waals surface area contributed by atoms with Gasteiger partial charge in [0, 0.05) is 12.1 Å². The summed E-state index contributed by atoms with van der Waals surface area (Å²) >= 11 is 0. The van der Waals surface area contributed by atoms with Crippen molar-refractivity contribution >= 4 is 5.69 Å². The molecule has 1 atom stereocenters. The van der Waals surface area contributed by atoms with Crippen molar-refractivity contribution in [3.05, 3.63) is 47.7 Å². The van der Waals surface area contributed by atoms with Gasteiger partial charge in [0.15, 0.2) is 6.20 Å². The molecule has 20 heavy (non-hydrogen) atoms. The van der Waals surface area contributed by atoms with E-state index in [0.29, 0.717) is 12.1 Å². The van der Waals surface area contributed by atoms with E-state index in [0.717, 1.165) is 0 Å². The van der Waals surface area contributed by atoms with Crippen molar-refractivity contribution in [1.29, 1.82) is 0 Å². The molecule has 1 aliphatic rings. The van der Waals surface area contributed by atoms with E-state index < -0.39 is 0 Å². The van der Waals surface area contributed by atoms with E-state index in [1.807, 2.05) is 0 Å². The summed E-state index contributed by atoms with van der Waals surface area (Å²) in [5.74, 6) is 0. The number of hydrogen-bond acceptors (Lipinski definition) is 1. The standard InChI is InChI=1S/C18H23N2/c1-12(2)20-14(4)15-9-6-8-13(3)17(15)18-16(20)10-7-11-19(18)5/h6-12,14H,1-5H3/q+1. The summed E-state index contributed by atoms with van der Waals surface area (Å²) in [5.41, 5.74) is 6.90. The highest BCUT2D eigenvalue weighted by atomic mass is 15.2. The van der Waals surface area contributed by atoms with Crippen molar-refractivity contribution in [3.63, 3.8) is 0 Å². The third-order valence-corrected chi connectivity index (χ3v) is 4.40. The molecule has 3 rings (SSSR count). The van der Waals surface area contributed by atoms with Crippen LogP contribution in [0.3, 0.4) is 0 Å². The van der Waals surface area contributed by atoms with Gasteiger partial charge in [-0.15, -0.1) is 0 Å².